The number of hydrogen-bond donors (Lipinski definition) is 1. The molecule has 1 aliphatic heterocycles. The number of benzene rings is 3. The Morgan fingerprint density at radius 1 is 1.00 bits per heavy atom. The molecule has 5 nitrogen and oxygen atoms in total. The fraction of sp³-hybridized carbons (Fsp3) is 0.259. The van der Waals surface area contributed by atoms with Gasteiger partial charge in [-0.3, -0.25) is 9.59 Å². The van der Waals surface area contributed by atoms with Crippen molar-refractivity contribution < 1.29 is 18.7 Å². The number of likely N-dealkylation sites (tertiary alicyclic amines) is 1. The molecule has 0 spiro atoms. The van der Waals surface area contributed by atoms with E-state index in [1.807, 2.05) is 25.1 Å². The molecule has 2 atom stereocenters. The number of ether oxygens (including phenoxy) is 1. The van der Waals surface area contributed by atoms with Crippen LogP contribution in [-0.4, -0.2) is 30.4 Å². The molecule has 0 aliphatic carbocycles. The number of nitrogens with one attached hydrogen (secondary N) is 1. The second-order valence-electron chi connectivity index (χ2n) is 8.39. The molecule has 1 N–H and O–H groups in total. The molecule has 0 bridgehead atoms. The predicted molar refractivity (Wildman–Crippen MR) is 126 cm³/mol. The molecule has 0 aromatic heterocycles. The summed E-state index contributed by atoms with van der Waals surface area (Å²) in [6.45, 7) is 2.27. The van der Waals surface area contributed by atoms with Crippen LogP contribution in [0.15, 0.2) is 72.8 Å². The molecule has 1 aliphatic rings. The van der Waals surface area contributed by atoms with Gasteiger partial charge >= 0.3 is 0 Å². The highest BCUT2D eigenvalue weighted by molar-refractivity contribution is 5.96. The highest BCUT2D eigenvalue weighted by atomic mass is 19.1. The van der Waals surface area contributed by atoms with Gasteiger partial charge in [0.05, 0.1) is 19.1 Å². The first-order valence-electron chi connectivity index (χ1n) is 11.0. The zero-order valence-electron chi connectivity index (χ0n) is 18.8. The highest BCUT2D eigenvalue weighted by Gasteiger charge is 2.36. The van der Waals surface area contributed by atoms with Crippen LogP contribution < -0.4 is 10.1 Å². The zero-order chi connectivity index (χ0) is 23.4. The molecule has 2 amide bonds. The minimum atomic E-state index is -0.459. The third-order valence-corrected chi connectivity index (χ3v) is 6.07. The van der Waals surface area contributed by atoms with E-state index in [0.717, 1.165) is 11.1 Å². The van der Waals surface area contributed by atoms with Gasteiger partial charge < -0.3 is 15.0 Å². The predicted octanol–water partition coefficient (Wildman–Crippen LogP) is 5.37. The van der Waals surface area contributed by atoms with Crippen molar-refractivity contribution >= 4 is 17.5 Å². The number of nitrogens with zero attached hydrogens (tertiary/aromatic N) is 1. The maximum absolute atomic E-state index is 13.8. The van der Waals surface area contributed by atoms with Crippen molar-refractivity contribution in [2.24, 2.45) is 5.92 Å². The van der Waals surface area contributed by atoms with Gasteiger partial charge in [0.2, 0.25) is 5.91 Å². The average molecular weight is 447 g/mol. The lowest BCUT2D eigenvalue weighted by atomic mass is 9.87. The Balaban J connectivity index is 1.57. The van der Waals surface area contributed by atoms with Crippen molar-refractivity contribution in [3.05, 3.63) is 95.3 Å². The summed E-state index contributed by atoms with van der Waals surface area (Å²) in [5.41, 5.74) is 3.08. The summed E-state index contributed by atoms with van der Waals surface area (Å²) in [4.78, 5) is 28.2. The summed E-state index contributed by atoms with van der Waals surface area (Å²) < 4.78 is 19.0. The minimum absolute atomic E-state index is 0.139. The van der Waals surface area contributed by atoms with Crippen molar-refractivity contribution in [1.29, 1.82) is 0 Å². The van der Waals surface area contributed by atoms with Crippen molar-refractivity contribution in [2.45, 2.75) is 25.8 Å². The van der Waals surface area contributed by atoms with E-state index in [1.54, 1.807) is 42.3 Å². The van der Waals surface area contributed by atoms with E-state index in [0.29, 0.717) is 24.3 Å². The number of carbonyl (C=O) groups is 2. The van der Waals surface area contributed by atoms with E-state index in [-0.39, 0.29) is 35.9 Å². The Kier molecular flexibility index (Phi) is 6.73. The number of halogens is 1. The lowest BCUT2D eigenvalue weighted by Crippen LogP contribution is -2.45. The van der Waals surface area contributed by atoms with E-state index in [4.69, 9.17) is 4.74 Å². The highest BCUT2D eigenvalue weighted by Crippen LogP contribution is 2.35. The second kappa shape index (κ2) is 9.86. The monoisotopic (exact) mass is 446 g/mol. The van der Waals surface area contributed by atoms with Gasteiger partial charge in [-0.05, 0) is 67.8 Å². The van der Waals surface area contributed by atoms with Crippen LogP contribution in [0.1, 0.15) is 40.4 Å². The molecule has 1 saturated heterocycles. The summed E-state index contributed by atoms with van der Waals surface area (Å²) in [6, 6.07) is 20.7. The van der Waals surface area contributed by atoms with Gasteiger partial charge in [0.25, 0.3) is 5.91 Å². The Morgan fingerprint density at radius 3 is 2.45 bits per heavy atom. The van der Waals surface area contributed by atoms with E-state index < -0.39 is 5.82 Å². The van der Waals surface area contributed by atoms with Crippen molar-refractivity contribution in [3.63, 3.8) is 0 Å². The largest absolute Gasteiger partial charge is 0.497 e. The van der Waals surface area contributed by atoms with E-state index in [2.05, 4.69) is 11.4 Å². The smallest absolute Gasteiger partial charge is 0.254 e. The van der Waals surface area contributed by atoms with Gasteiger partial charge in [-0.25, -0.2) is 4.39 Å². The second-order valence-corrected chi connectivity index (χ2v) is 8.39. The molecule has 3 aromatic carbocycles. The van der Waals surface area contributed by atoms with Crippen molar-refractivity contribution in [1.82, 2.24) is 4.90 Å². The van der Waals surface area contributed by atoms with Gasteiger partial charge in [-0.1, -0.05) is 35.9 Å². The number of hydrogen-bond acceptors (Lipinski definition) is 3. The molecule has 1 heterocycles. The summed E-state index contributed by atoms with van der Waals surface area (Å²) >= 11 is 0. The molecule has 3 aromatic rings. The number of piperidine rings is 1. The Hall–Kier alpha value is -3.67. The van der Waals surface area contributed by atoms with Crippen LogP contribution in [0.5, 0.6) is 5.75 Å². The molecule has 0 unspecified atom stereocenters. The molecule has 6 heteroatoms. The number of amides is 2. The summed E-state index contributed by atoms with van der Waals surface area (Å²) in [5.74, 6) is -0.536. The van der Waals surface area contributed by atoms with Crippen LogP contribution in [0, 0.1) is 18.7 Å². The van der Waals surface area contributed by atoms with Gasteiger partial charge in [-0.15, -0.1) is 0 Å². The summed E-state index contributed by atoms with van der Waals surface area (Å²) in [7, 11) is 1.59. The van der Waals surface area contributed by atoms with Gasteiger partial charge in [-0.2, -0.15) is 0 Å². The third kappa shape index (κ3) is 5.22. The Labute approximate surface area is 193 Å². The molecule has 1 fully saturated rings. The normalized spacial score (nSPS) is 18.0. The molecule has 0 saturated carbocycles. The molecule has 0 radical (unpaired) electrons. The fourth-order valence-corrected chi connectivity index (χ4v) is 4.34. The van der Waals surface area contributed by atoms with Crippen molar-refractivity contribution in [3.8, 4) is 5.75 Å². The maximum atomic E-state index is 13.8. The third-order valence-electron chi connectivity index (χ3n) is 6.07. The first kappa shape index (κ1) is 22.5. The topological polar surface area (TPSA) is 58.6 Å². The lowest BCUT2D eigenvalue weighted by molar-refractivity contribution is -0.121. The molecular weight excluding hydrogens is 419 g/mol. The van der Waals surface area contributed by atoms with Gasteiger partial charge in [0.15, 0.2) is 0 Å². The quantitative estimate of drug-likeness (QED) is 0.573. The minimum Gasteiger partial charge on any atom is -0.497 e. The summed E-state index contributed by atoms with van der Waals surface area (Å²) in [5, 5.41) is 2.94. The van der Waals surface area contributed by atoms with Crippen LogP contribution in [0.3, 0.4) is 0 Å². The fourth-order valence-electron chi connectivity index (χ4n) is 4.34. The Morgan fingerprint density at radius 2 is 1.76 bits per heavy atom. The molecular formula is C27H27FN2O3. The zero-order valence-corrected chi connectivity index (χ0v) is 18.8. The molecule has 170 valence electrons. The number of aryl methyl sites for hydroxylation is 1. The van der Waals surface area contributed by atoms with Crippen LogP contribution in [0.25, 0.3) is 0 Å². The number of methoxy groups -OCH3 is 1. The van der Waals surface area contributed by atoms with Crippen LogP contribution in [0.2, 0.25) is 0 Å². The lowest BCUT2D eigenvalue weighted by Gasteiger charge is -2.39. The average Bonchev–Trinajstić information content (AvgIpc) is 2.83. The number of rotatable bonds is 5. The van der Waals surface area contributed by atoms with Crippen LogP contribution >= 0.6 is 0 Å². The maximum Gasteiger partial charge on any atom is 0.254 e. The number of carbonyl (C=O) groups excluding carboxylic acids is 2. The Bertz CT molecular complexity index is 1150. The molecule has 4 rings (SSSR count). The standard InChI is InChI=1S/C27H27FN2O3/c1-18-5-3-6-19(15-18)25-14-9-21(26(31)29-23-10-12-24(33-2)13-11-23)17-30(25)27(32)20-7-4-8-22(28)16-20/h3-8,10-13,15-16,21,25H,9,14,17H2,1-2H3,(H,29,31)/t21-,25+/m0/s1. The number of anilines is 1. The van der Waals surface area contributed by atoms with Gasteiger partial charge in [0.1, 0.15) is 11.6 Å². The van der Waals surface area contributed by atoms with E-state index in [9.17, 15) is 14.0 Å². The first-order chi connectivity index (χ1) is 15.9. The van der Waals surface area contributed by atoms with Crippen LogP contribution in [0.4, 0.5) is 10.1 Å². The van der Waals surface area contributed by atoms with E-state index >= 15 is 0 Å². The van der Waals surface area contributed by atoms with E-state index in [1.165, 1.54) is 18.2 Å². The van der Waals surface area contributed by atoms with Crippen LogP contribution in [-0.2, 0) is 4.79 Å². The molecule has 33 heavy (non-hydrogen) atoms. The SMILES string of the molecule is COc1ccc(NC(=O)[C@H]2CC[C@H](c3cccc(C)c3)N(C(=O)c3cccc(F)c3)C2)cc1. The first-order valence-corrected chi connectivity index (χ1v) is 11.0. The van der Waals surface area contributed by atoms with Crippen molar-refractivity contribution in [2.75, 3.05) is 19.0 Å². The summed E-state index contributed by atoms with van der Waals surface area (Å²) in [6.07, 6.45) is 1.29. The van der Waals surface area contributed by atoms with Gasteiger partial charge in [0, 0.05) is 17.8 Å².